The summed E-state index contributed by atoms with van der Waals surface area (Å²) in [5.74, 6) is 0.676. The molecule has 0 N–H and O–H groups in total. The summed E-state index contributed by atoms with van der Waals surface area (Å²) in [7, 11) is 0. The molecule has 0 saturated carbocycles. The van der Waals surface area contributed by atoms with Crippen LogP contribution in [0.4, 0.5) is 0 Å². The zero-order valence-electron chi connectivity index (χ0n) is 10.9. The van der Waals surface area contributed by atoms with Gasteiger partial charge in [0.05, 0.1) is 18.1 Å². The predicted octanol–water partition coefficient (Wildman–Crippen LogP) is 2.43. The van der Waals surface area contributed by atoms with Gasteiger partial charge >= 0.3 is 0 Å². The second kappa shape index (κ2) is 5.27. The summed E-state index contributed by atoms with van der Waals surface area (Å²) in [6.45, 7) is 7.15. The van der Waals surface area contributed by atoms with Gasteiger partial charge in [-0.15, -0.1) is 0 Å². The maximum absolute atomic E-state index is 12.6. The molecule has 1 amide bonds. The summed E-state index contributed by atoms with van der Waals surface area (Å²) in [4.78, 5) is 14.7. The Labute approximate surface area is 112 Å². The van der Waals surface area contributed by atoms with Crippen molar-refractivity contribution < 1.29 is 9.53 Å². The maximum Gasteiger partial charge on any atom is 0.228 e. The lowest BCUT2D eigenvalue weighted by Gasteiger charge is -2.29. The highest BCUT2D eigenvalue weighted by Crippen LogP contribution is 2.35. The van der Waals surface area contributed by atoms with Crippen LogP contribution in [0.25, 0.3) is 0 Å². The average molecular weight is 304 g/mol. The Balaban J connectivity index is 2.09. The summed E-state index contributed by atoms with van der Waals surface area (Å²) in [5.41, 5.74) is 0. The number of rotatable bonds is 2. The molecule has 2 aliphatic heterocycles. The van der Waals surface area contributed by atoms with Crippen molar-refractivity contribution in [3.05, 3.63) is 0 Å². The van der Waals surface area contributed by atoms with Crippen molar-refractivity contribution in [1.29, 1.82) is 0 Å². The number of carbonyl (C=O) groups excluding carboxylic acids is 1. The number of halogens is 1. The number of ether oxygens (including phenoxy) is 1. The van der Waals surface area contributed by atoms with Crippen molar-refractivity contribution in [2.45, 2.75) is 51.9 Å². The third kappa shape index (κ3) is 2.39. The van der Waals surface area contributed by atoms with Gasteiger partial charge in [0.2, 0.25) is 5.91 Å². The molecular formula is C13H22BrNO2. The normalized spacial score (nSPS) is 42.1. The third-order valence-corrected chi connectivity index (χ3v) is 5.11. The number of likely N-dealkylation sites (tertiary alicyclic amines) is 1. The van der Waals surface area contributed by atoms with Crippen LogP contribution in [0, 0.1) is 11.8 Å². The van der Waals surface area contributed by atoms with Crippen LogP contribution in [-0.4, -0.2) is 40.9 Å². The molecule has 98 valence electrons. The summed E-state index contributed by atoms with van der Waals surface area (Å²) in [6.07, 6.45) is 2.52. The lowest BCUT2D eigenvalue weighted by Crippen LogP contribution is -2.44. The van der Waals surface area contributed by atoms with E-state index in [-0.39, 0.29) is 18.1 Å². The zero-order valence-corrected chi connectivity index (χ0v) is 12.4. The van der Waals surface area contributed by atoms with Gasteiger partial charge in [0.15, 0.2) is 0 Å². The van der Waals surface area contributed by atoms with Crippen LogP contribution in [-0.2, 0) is 9.53 Å². The minimum Gasteiger partial charge on any atom is -0.374 e. The van der Waals surface area contributed by atoms with Crippen LogP contribution in [0.3, 0.4) is 0 Å². The fraction of sp³-hybridized carbons (Fsp3) is 0.923. The van der Waals surface area contributed by atoms with Gasteiger partial charge in [0, 0.05) is 17.9 Å². The molecule has 2 fully saturated rings. The zero-order chi connectivity index (χ0) is 12.6. The summed E-state index contributed by atoms with van der Waals surface area (Å²) in [5, 5.41) is 0.893. The number of nitrogens with zero attached hydrogens (tertiary/aromatic N) is 1. The monoisotopic (exact) mass is 303 g/mol. The van der Waals surface area contributed by atoms with E-state index in [9.17, 15) is 4.79 Å². The molecule has 5 atom stereocenters. The largest absolute Gasteiger partial charge is 0.374 e. The molecule has 0 bridgehead atoms. The first-order chi connectivity index (χ1) is 8.06. The van der Waals surface area contributed by atoms with Gasteiger partial charge in [-0.3, -0.25) is 4.79 Å². The molecule has 5 unspecified atom stereocenters. The summed E-state index contributed by atoms with van der Waals surface area (Å²) >= 11 is 3.51. The fourth-order valence-electron chi connectivity index (χ4n) is 3.17. The first kappa shape index (κ1) is 13.3. The molecule has 0 aliphatic carbocycles. The van der Waals surface area contributed by atoms with Gasteiger partial charge in [0.25, 0.3) is 0 Å². The lowest BCUT2D eigenvalue weighted by atomic mass is 9.88. The van der Waals surface area contributed by atoms with Gasteiger partial charge in [-0.05, 0) is 32.6 Å². The van der Waals surface area contributed by atoms with E-state index in [0.29, 0.717) is 17.9 Å². The number of amides is 1. The van der Waals surface area contributed by atoms with E-state index in [0.717, 1.165) is 24.7 Å². The van der Waals surface area contributed by atoms with Crippen LogP contribution in [0.2, 0.25) is 0 Å². The molecular weight excluding hydrogens is 282 g/mol. The van der Waals surface area contributed by atoms with E-state index >= 15 is 0 Å². The average Bonchev–Trinajstić information content (AvgIpc) is 2.84. The van der Waals surface area contributed by atoms with Crippen molar-refractivity contribution in [2.24, 2.45) is 11.8 Å². The topological polar surface area (TPSA) is 29.5 Å². The minimum absolute atomic E-state index is 0.0460. The van der Waals surface area contributed by atoms with Gasteiger partial charge in [-0.2, -0.15) is 0 Å². The smallest absolute Gasteiger partial charge is 0.228 e. The van der Waals surface area contributed by atoms with E-state index in [1.807, 2.05) is 6.92 Å². The first-order valence-corrected chi connectivity index (χ1v) is 7.70. The molecule has 17 heavy (non-hydrogen) atoms. The Morgan fingerprint density at radius 3 is 2.59 bits per heavy atom. The SMILES string of the molecule is CC1OC(C)C(C(=O)N2CCCC2CBr)C1C. The Morgan fingerprint density at radius 2 is 2.06 bits per heavy atom. The molecule has 3 nitrogen and oxygen atoms in total. The number of hydrogen-bond donors (Lipinski definition) is 0. The molecule has 0 aromatic rings. The Kier molecular flexibility index (Phi) is 4.14. The lowest BCUT2D eigenvalue weighted by molar-refractivity contribution is -0.138. The van der Waals surface area contributed by atoms with Crippen LogP contribution in [0.5, 0.6) is 0 Å². The first-order valence-electron chi connectivity index (χ1n) is 6.58. The quantitative estimate of drug-likeness (QED) is 0.733. The molecule has 0 aromatic carbocycles. The van der Waals surface area contributed by atoms with Gasteiger partial charge in [0.1, 0.15) is 0 Å². The van der Waals surface area contributed by atoms with Crippen molar-refractivity contribution in [3.63, 3.8) is 0 Å². The second-order valence-electron chi connectivity index (χ2n) is 5.41. The second-order valence-corrected chi connectivity index (χ2v) is 6.06. The van der Waals surface area contributed by atoms with Crippen molar-refractivity contribution in [1.82, 2.24) is 4.90 Å². The number of hydrogen-bond acceptors (Lipinski definition) is 2. The van der Waals surface area contributed by atoms with Gasteiger partial charge in [-0.1, -0.05) is 22.9 Å². The van der Waals surface area contributed by atoms with Crippen molar-refractivity contribution in [3.8, 4) is 0 Å². The van der Waals surface area contributed by atoms with Crippen LogP contribution in [0.15, 0.2) is 0 Å². The Hall–Kier alpha value is -0.0900. The van der Waals surface area contributed by atoms with Crippen LogP contribution >= 0.6 is 15.9 Å². The van der Waals surface area contributed by atoms with Gasteiger partial charge in [-0.25, -0.2) is 0 Å². The van der Waals surface area contributed by atoms with E-state index in [4.69, 9.17) is 4.74 Å². The van der Waals surface area contributed by atoms with Gasteiger partial charge < -0.3 is 9.64 Å². The number of alkyl halides is 1. The highest BCUT2D eigenvalue weighted by atomic mass is 79.9. The molecule has 2 saturated heterocycles. The molecule has 2 rings (SSSR count). The van der Waals surface area contributed by atoms with E-state index in [2.05, 4.69) is 34.7 Å². The van der Waals surface area contributed by atoms with E-state index in [1.165, 1.54) is 0 Å². The molecule has 0 spiro atoms. The standard InChI is InChI=1S/C13H22BrNO2/c1-8-9(2)17-10(3)12(8)13(16)15-6-4-5-11(15)7-14/h8-12H,4-7H2,1-3H3. The molecule has 0 radical (unpaired) electrons. The predicted molar refractivity (Wildman–Crippen MR) is 71.2 cm³/mol. The summed E-state index contributed by atoms with van der Waals surface area (Å²) in [6, 6.07) is 0.387. The molecule has 2 aliphatic rings. The van der Waals surface area contributed by atoms with Crippen LogP contribution < -0.4 is 0 Å². The number of carbonyl (C=O) groups is 1. The highest BCUT2D eigenvalue weighted by Gasteiger charge is 2.44. The molecule has 0 aromatic heterocycles. The van der Waals surface area contributed by atoms with E-state index < -0.39 is 0 Å². The molecule has 2 heterocycles. The molecule has 4 heteroatoms. The van der Waals surface area contributed by atoms with Crippen molar-refractivity contribution in [2.75, 3.05) is 11.9 Å². The van der Waals surface area contributed by atoms with Crippen molar-refractivity contribution >= 4 is 21.8 Å². The van der Waals surface area contributed by atoms with E-state index in [1.54, 1.807) is 0 Å². The Morgan fingerprint density at radius 1 is 1.35 bits per heavy atom. The maximum atomic E-state index is 12.6. The minimum atomic E-state index is 0.0460. The van der Waals surface area contributed by atoms with Crippen LogP contribution in [0.1, 0.15) is 33.6 Å². The fourth-order valence-corrected chi connectivity index (χ4v) is 3.84. The highest BCUT2D eigenvalue weighted by molar-refractivity contribution is 9.09. The third-order valence-electron chi connectivity index (χ3n) is 4.37. The summed E-state index contributed by atoms with van der Waals surface area (Å²) < 4.78 is 5.78. The Bertz CT molecular complexity index is 297.